The van der Waals surface area contributed by atoms with Crippen LogP contribution in [0.25, 0.3) is 11.0 Å². The van der Waals surface area contributed by atoms with E-state index in [0.29, 0.717) is 37.2 Å². The summed E-state index contributed by atoms with van der Waals surface area (Å²) in [4.78, 5) is 56.1. The van der Waals surface area contributed by atoms with Crippen LogP contribution in [0.3, 0.4) is 0 Å². The summed E-state index contributed by atoms with van der Waals surface area (Å²) in [5.74, 6) is -0.991. The summed E-state index contributed by atoms with van der Waals surface area (Å²) in [6.07, 6.45) is 1.55. The van der Waals surface area contributed by atoms with Crippen molar-refractivity contribution in [2.24, 2.45) is 0 Å². The van der Waals surface area contributed by atoms with E-state index in [9.17, 15) is 19.2 Å². The lowest BCUT2D eigenvalue weighted by atomic mass is 10.0. The van der Waals surface area contributed by atoms with Gasteiger partial charge in [-0.25, -0.2) is 14.5 Å². The quantitative estimate of drug-likeness (QED) is 0.484. The van der Waals surface area contributed by atoms with Crippen LogP contribution >= 0.6 is 0 Å². The third kappa shape index (κ3) is 3.64. The zero-order valence-corrected chi connectivity index (χ0v) is 18.2. The van der Waals surface area contributed by atoms with E-state index in [2.05, 4.69) is 4.98 Å². The van der Waals surface area contributed by atoms with Gasteiger partial charge in [-0.05, 0) is 49.2 Å². The number of nitrogens with zero attached hydrogens (tertiary/aromatic N) is 3. The molecule has 0 bridgehead atoms. The fraction of sp³-hybridized carbons (Fsp3) is 0.333. The number of piperidine rings is 1. The Morgan fingerprint density at radius 3 is 2.39 bits per heavy atom. The van der Waals surface area contributed by atoms with Crippen molar-refractivity contribution in [1.82, 2.24) is 14.5 Å². The van der Waals surface area contributed by atoms with Gasteiger partial charge in [0.15, 0.2) is 0 Å². The molecule has 2 aliphatic rings. The molecule has 3 heterocycles. The Morgan fingerprint density at radius 2 is 1.70 bits per heavy atom. The number of carbonyl (C=O) groups is 3. The van der Waals surface area contributed by atoms with Gasteiger partial charge in [0.2, 0.25) is 5.91 Å². The van der Waals surface area contributed by atoms with Gasteiger partial charge in [-0.3, -0.25) is 19.1 Å². The topological polar surface area (TPSA) is 105 Å². The van der Waals surface area contributed by atoms with E-state index in [1.807, 2.05) is 33.7 Å². The number of imidazole rings is 1. The van der Waals surface area contributed by atoms with Crippen molar-refractivity contribution in [3.63, 3.8) is 0 Å². The van der Waals surface area contributed by atoms with Crippen LogP contribution in [0.4, 0.5) is 5.69 Å². The van der Waals surface area contributed by atoms with Crippen LogP contribution in [0.15, 0.2) is 53.3 Å². The van der Waals surface area contributed by atoms with Crippen LogP contribution in [0.2, 0.25) is 0 Å². The standard InChI is InChI=1S/C24H24N4O5/c1-33-23(31)15-6-8-16(9-7-15)28-21(29)14-20(22(28)30)26-12-10-17(11-13-26)27-19-5-3-2-4-18(19)25-24(27)32/h2-9,17,20H,10-14H2,1H3,(H,25,32)/t20-/m1/s1. The number of H-pyrrole nitrogens is 1. The maximum Gasteiger partial charge on any atom is 0.337 e. The number of imide groups is 1. The minimum absolute atomic E-state index is 0.0408. The fourth-order valence-corrected chi connectivity index (χ4v) is 4.93. The average Bonchev–Trinajstić information content (AvgIpc) is 3.33. The number of benzene rings is 2. The largest absolute Gasteiger partial charge is 0.465 e. The minimum Gasteiger partial charge on any atom is -0.465 e. The molecular weight excluding hydrogens is 424 g/mol. The number of aromatic amines is 1. The minimum atomic E-state index is -0.515. The molecule has 2 fully saturated rings. The summed E-state index contributed by atoms with van der Waals surface area (Å²) < 4.78 is 6.50. The first-order valence-corrected chi connectivity index (χ1v) is 11.0. The normalized spacial score (nSPS) is 20.0. The lowest BCUT2D eigenvalue weighted by Crippen LogP contribution is -2.46. The predicted octanol–water partition coefficient (Wildman–Crippen LogP) is 2.09. The van der Waals surface area contributed by atoms with E-state index >= 15 is 0 Å². The molecule has 2 amide bonds. The molecule has 9 heteroatoms. The van der Waals surface area contributed by atoms with E-state index in [0.717, 1.165) is 11.0 Å². The number of nitrogens with one attached hydrogen (secondary N) is 1. The molecule has 33 heavy (non-hydrogen) atoms. The van der Waals surface area contributed by atoms with Crippen molar-refractivity contribution in [2.75, 3.05) is 25.1 Å². The van der Waals surface area contributed by atoms with E-state index < -0.39 is 12.0 Å². The molecule has 0 radical (unpaired) electrons. The fourth-order valence-electron chi connectivity index (χ4n) is 4.93. The van der Waals surface area contributed by atoms with Crippen molar-refractivity contribution in [3.05, 3.63) is 64.6 Å². The maximum absolute atomic E-state index is 13.1. The molecule has 2 aromatic carbocycles. The van der Waals surface area contributed by atoms with Gasteiger partial charge in [-0.1, -0.05) is 12.1 Å². The zero-order chi connectivity index (χ0) is 23.1. The lowest BCUT2D eigenvalue weighted by Gasteiger charge is -2.35. The molecule has 5 rings (SSSR count). The summed E-state index contributed by atoms with van der Waals surface area (Å²) in [6, 6.07) is 13.4. The van der Waals surface area contributed by atoms with Gasteiger partial charge < -0.3 is 9.72 Å². The third-order valence-electron chi connectivity index (χ3n) is 6.60. The van der Waals surface area contributed by atoms with Gasteiger partial charge in [-0.15, -0.1) is 0 Å². The van der Waals surface area contributed by atoms with Crippen LogP contribution in [0, 0.1) is 0 Å². The number of likely N-dealkylation sites (tertiary alicyclic amines) is 1. The van der Waals surface area contributed by atoms with Gasteiger partial charge in [-0.2, -0.15) is 0 Å². The average molecular weight is 448 g/mol. The van der Waals surface area contributed by atoms with E-state index in [4.69, 9.17) is 4.74 Å². The Balaban J connectivity index is 1.29. The van der Waals surface area contributed by atoms with E-state index in [1.165, 1.54) is 12.0 Å². The highest BCUT2D eigenvalue weighted by atomic mass is 16.5. The van der Waals surface area contributed by atoms with Crippen molar-refractivity contribution >= 4 is 34.5 Å². The van der Waals surface area contributed by atoms with Crippen molar-refractivity contribution in [2.45, 2.75) is 31.3 Å². The van der Waals surface area contributed by atoms with Gasteiger partial charge in [0.05, 0.1) is 41.9 Å². The Morgan fingerprint density at radius 1 is 1.00 bits per heavy atom. The number of anilines is 1. The summed E-state index contributed by atoms with van der Waals surface area (Å²) in [5.41, 5.74) is 2.38. The third-order valence-corrected chi connectivity index (χ3v) is 6.60. The van der Waals surface area contributed by atoms with Gasteiger partial charge in [0.25, 0.3) is 5.91 Å². The number of fused-ring (bicyclic) bond motifs is 1. The first-order chi connectivity index (χ1) is 16.0. The molecular formula is C24H24N4O5. The number of hydrogen-bond donors (Lipinski definition) is 1. The Labute approximate surface area is 189 Å². The maximum atomic E-state index is 13.1. The molecule has 2 aliphatic heterocycles. The van der Waals surface area contributed by atoms with Crippen LogP contribution in [0.1, 0.15) is 35.7 Å². The molecule has 1 N–H and O–H groups in total. The van der Waals surface area contributed by atoms with Crippen molar-refractivity contribution < 1.29 is 19.1 Å². The lowest BCUT2D eigenvalue weighted by molar-refractivity contribution is -0.123. The van der Waals surface area contributed by atoms with Crippen LogP contribution in [-0.4, -0.2) is 58.5 Å². The summed E-state index contributed by atoms with van der Waals surface area (Å²) in [5, 5.41) is 0. The molecule has 2 saturated heterocycles. The van der Waals surface area contributed by atoms with Gasteiger partial charge >= 0.3 is 11.7 Å². The molecule has 0 saturated carbocycles. The van der Waals surface area contributed by atoms with E-state index in [1.54, 1.807) is 24.3 Å². The second kappa shape index (κ2) is 8.32. The number of esters is 1. The second-order valence-corrected chi connectivity index (χ2v) is 8.41. The van der Waals surface area contributed by atoms with E-state index in [-0.39, 0.29) is 30.0 Å². The highest BCUT2D eigenvalue weighted by Crippen LogP contribution is 2.31. The Bertz CT molecular complexity index is 1280. The summed E-state index contributed by atoms with van der Waals surface area (Å²) in [6.45, 7) is 1.24. The zero-order valence-electron chi connectivity index (χ0n) is 18.2. The SMILES string of the molecule is COC(=O)c1ccc(N2C(=O)C[C@@H](N3CCC(n4c(=O)[nH]c5ccccc54)CC3)C2=O)cc1. The van der Waals surface area contributed by atoms with Gasteiger partial charge in [0.1, 0.15) is 0 Å². The molecule has 0 unspecified atom stereocenters. The number of para-hydroxylation sites is 2. The van der Waals surface area contributed by atoms with Crippen LogP contribution in [0.5, 0.6) is 0 Å². The van der Waals surface area contributed by atoms with Crippen molar-refractivity contribution in [3.8, 4) is 0 Å². The number of hydrogen-bond acceptors (Lipinski definition) is 6. The highest BCUT2D eigenvalue weighted by molar-refractivity contribution is 6.22. The second-order valence-electron chi connectivity index (χ2n) is 8.41. The number of carbonyl (C=O) groups excluding carboxylic acids is 3. The smallest absolute Gasteiger partial charge is 0.337 e. The molecule has 0 aliphatic carbocycles. The van der Waals surface area contributed by atoms with Crippen molar-refractivity contribution in [1.29, 1.82) is 0 Å². The molecule has 9 nitrogen and oxygen atoms in total. The number of ether oxygens (including phenoxy) is 1. The Kier molecular flexibility index (Phi) is 5.33. The predicted molar refractivity (Wildman–Crippen MR) is 121 cm³/mol. The number of aromatic nitrogens is 2. The molecule has 1 aromatic heterocycles. The van der Waals surface area contributed by atoms with Crippen LogP contribution in [-0.2, 0) is 14.3 Å². The number of rotatable bonds is 4. The monoisotopic (exact) mass is 448 g/mol. The Hall–Kier alpha value is -3.72. The van der Waals surface area contributed by atoms with Gasteiger partial charge in [0, 0.05) is 19.1 Å². The molecule has 1 atom stereocenters. The molecule has 0 spiro atoms. The molecule has 170 valence electrons. The summed E-state index contributed by atoms with van der Waals surface area (Å²) >= 11 is 0. The van der Waals surface area contributed by atoms with Crippen LogP contribution < -0.4 is 10.6 Å². The summed E-state index contributed by atoms with van der Waals surface area (Å²) in [7, 11) is 1.30. The number of methoxy groups -OCH3 is 1. The highest BCUT2D eigenvalue weighted by Gasteiger charge is 2.43. The first-order valence-electron chi connectivity index (χ1n) is 11.0. The first kappa shape index (κ1) is 21.1. The molecule has 3 aromatic rings. The number of amides is 2.